The first-order valence-corrected chi connectivity index (χ1v) is 6.43. The van der Waals surface area contributed by atoms with E-state index < -0.39 is 18.1 Å². The number of anilines is 1. The second-order valence-corrected chi connectivity index (χ2v) is 4.99. The molecule has 19 heavy (non-hydrogen) atoms. The molecule has 1 aromatic carbocycles. The highest BCUT2D eigenvalue weighted by Gasteiger charge is 2.39. The Balaban J connectivity index is 2.43. The highest BCUT2D eigenvalue weighted by atomic mass is 35.5. The van der Waals surface area contributed by atoms with Gasteiger partial charge in [0.15, 0.2) is 0 Å². The van der Waals surface area contributed by atoms with Crippen molar-refractivity contribution in [3.8, 4) is 0 Å². The zero-order valence-corrected chi connectivity index (χ0v) is 11.2. The van der Waals surface area contributed by atoms with Crippen molar-refractivity contribution in [2.24, 2.45) is 5.73 Å². The van der Waals surface area contributed by atoms with Crippen LogP contribution in [0.2, 0.25) is 5.02 Å². The minimum absolute atomic E-state index is 0.257. The van der Waals surface area contributed by atoms with Crippen molar-refractivity contribution >= 4 is 29.2 Å². The number of aliphatic carboxylic acids is 1. The van der Waals surface area contributed by atoms with Crippen LogP contribution in [0, 0.1) is 0 Å². The number of nitrogens with zero attached hydrogens (tertiary/aromatic N) is 1. The number of carboxylic acid groups (broad SMARTS) is 1. The number of carboxylic acids is 1. The van der Waals surface area contributed by atoms with Crippen molar-refractivity contribution in [2.45, 2.75) is 31.8 Å². The number of amides is 1. The lowest BCUT2D eigenvalue weighted by Gasteiger charge is -2.25. The summed E-state index contributed by atoms with van der Waals surface area (Å²) in [4.78, 5) is 24.8. The summed E-state index contributed by atoms with van der Waals surface area (Å²) in [7, 11) is 0. The minimum Gasteiger partial charge on any atom is -0.480 e. The largest absolute Gasteiger partial charge is 0.480 e. The maximum absolute atomic E-state index is 12.2. The number of benzene rings is 1. The number of carbonyl (C=O) groups excluding carboxylic acids is 1. The Morgan fingerprint density at radius 3 is 2.84 bits per heavy atom. The highest BCUT2D eigenvalue weighted by molar-refractivity contribution is 6.30. The van der Waals surface area contributed by atoms with Gasteiger partial charge in [-0.3, -0.25) is 9.69 Å². The molecule has 0 spiro atoms. The van der Waals surface area contributed by atoms with E-state index in [1.165, 1.54) is 4.90 Å². The molecule has 102 valence electrons. The first-order valence-electron chi connectivity index (χ1n) is 6.05. The van der Waals surface area contributed by atoms with Gasteiger partial charge in [-0.2, -0.15) is 0 Å². The van der Waals surface area contributed by atoms with Gasteiger partial charge in [0.25, 0.3) is 0 Å². The summed E-state index contributed by atoms with van der Waals surface area (Å²) < 4.78 is 0. The standard InChI is InChI=1S/C13H15ClN2O3/c1-2-9(15)12(17)16-10-4-3-8(14)5-7(10)6-11(16)13(18)19/h3-5,9,11H,2,6,15H2,1H3,(H,18,19)/t9-,11?/m0/s1. The van der Waals surface area contributed by atoms with Crippen LogP contribution in [0.3, 0.4) is 0 Å². The molecule has 0 saturated heterocycles. The van der Waals surface area contributed by atoms with Gasteiger partial charge in [-0.25, -0.2) is 4.79 Å². The molecule has 5 nitrogen and oxygen atoms in total. The fraction of sp³-hybridized carbons (Fsp3) is 0.385. The molecule has 0 bridgehead atoms. The lowest BCUT2D eigenvalue weighted by molar-refractivity contribution is -0.140. The van der Waals surface area contributed by atoms with E-state index in [9.17, 15) is 14.7 Å². The predicted octanol–water partition coefficient (Wildman–Crippen LogP) is 1.42. The fourth-order valence-electron chi connectivity index (χ4n) is 2.24. The molecule has 3 N–H and O–H groups in total. The third-order valence-corrected chi connectivity index (χ3v) is 3.54. The van der Waals surface area contributed by atoms with Crippen LogP contribution in [0.5, 0.6) is 0 Å². The third kappa shape index (κ3) is 2.43. The molecule has 6 heteroatoms. The Morgan fingerprint density at radius 1 is 1.58 bits per heavy atom. The topological polar surface area (TPSA) is 83.6 Å². The van der Waals surface area contributed by atoms with E-state index in [1.54, 1.807) is 25.1 Å². The van der Waals surface area contributed by atoms with E-state index in [2.05, 4.69) is 0 Å². The molecule has 0 aliphatic carbocycles. The first-order chi connectivity index (χ1) is 8.95. The Bertz CT molecular complexity index is 533. The molecule has 2 atom stereocenters. The quantitative estimate of drug-likeness (QED) is 0.878. The summed E-state index contributed by atoms with van der Waals surface area (Å²) in [6, 6.07) is 3.41. The molecule has 1 aliphatic rings. The Morgan fingerprint density at radius 2 is 2.26 bits per heavy atom. The predicted molar refractivity (Wildman–Crippen MR) is 72.3 cm³/mol. The number of fused-ring (bicyclic) bond motifs is 1. The maximum Gasteiger partial charge on any atom is 0.327 e. The molecule has 0 fully saturated rings. The van der Waals surface area contributed by atoms with Crippen LogP contribution in [-0.2, 0) is 16.0 Å². The Kier molecular flexibility index (Phi) is 3.78. The van der Waals surface area contributed by atoms with E-state index in [-0.39, 0.29) is 12.3 Å². The Labute approximate surface area is 116 Å². The third-order valence-electron chi connectivity index (χ3n) is 3.31. The highest BCUT2D eigenvalue weighted by Crippen LogP contribution is 2.34. The maximum atomic E-state index is 12.2. The summed E-state index contributed by atoms with van der Waals surface area (Å²) in [6.45, 7) is 1.79. The molecule has 0 aromatic heterocycles. The SMILES string of the molecule is CC[C@H](N)C(=O)N1c2ccc(Cl)cc2CC1C(=O)O. The van der Waals surface area contributed by atoms with E-state index in [0.29, 0.717) is 17.1 Å². The summed E-state index contributed by atoms with van der Waals surface area (Å²) in [5.74, 6) is -1.40. The number of rotatable bonds is 3. The summed E-state index contributed by atoms with van der Waals surface area (Å²) in [5, 5.41) is 9.79. The van der Waals surface area contributed by atoms with Gasteiger partial charge >= 0.3 is 5.97 Å². The number of nitrogens with two attached hydrogens (primary N) is 1. The van der Waals surface area contributed by atoms with E-state index in [0.717, 1.165) is 5.56 Å². The average Bonchev–Trinajstić information content (AvgIpc) is 2.75. The van der Waals surface area contributed by atoms with Gasteiger partial charge < -0.3 is 10.8 Å². The van der Waals surface area contributed by atoms with Gasteiger partial charge in [-0.1, -0.05) is 18.5 Å². The van der Waals surface area contributed by atoms with Gasteiger partial charge in [-0.15, -0.1) is 0 Å². The Hall–Kier alpha value is -1.59. The van der Waals surface area contributed by atoms with Crippen LogP contribution in [0.25, 0.3) is 0 Å². The number of carbonyl (C=O) groups is 2. The summed E-state index contributed by atoms with van der Waals surface area (Å²) in [6.07, 6.45) is 0.720. The van der Waals surface area contributed by atoms with Gasteiger partial charge in [0.05, 0.1) is 6.04 Å². The van der Waals surface area contributed by atoms with Crippen LogP contribution in [0.4, 0.5) is 5.69 Å². The zero-order chi connectivity index (χ0) is 14.2. The van der Waals surface area contributed by atoms with Crippen molar-refractivity contribution in [1.29, 1.82) is 0 Å². The molecule has 1 unspecified atom stereocenters. The lowest BCUT2D eigenvalue weighted by atomic mass is 10.1. The van der Waals surface area contributed by atoms with Crippen molar-refractivity contribution < 1.29 is 14.7 Å². The monoisotopic (exact) mass is 282 g/mol. The molecule has 1 amide bonds. The van der Waals surface area contributed by atoms with E-state index in [4.69, 9.17) is 17.3 Å². The van der Waals surface area contributed by atoms with E-state index in [1.807, 2.05) is 0 Å². The van der Waals surface area contributed by atoms with Crippen molar-refractivity contribution in [3.63, 3.8) is 0 Å². The van der Waals surface area contributed by atoms with Crippen molar-refractivity contribution in [1.82, 2.24) is 0 Å². The van der Waals surface area contributed by atoms with Gasteiger partial charge in [-0.05, 0) is 30.2 Å². The van der Waals surface area contributed by atoms with Gasteiger partial charge in [0.2, 0.25) is 5.91 Å². The molecule has 0 saturated carbocycles. The van der Waals surface area contributed by atoms with Crippen LogP contribution >= 0.6 is 11.6 Å². The molecular weight excluding hydrogens is 268 g/mol. The fourth-order valence-corrected chi connectivity index (χ4v) is 2.44. The van der Waals surface area contributed by atoms with Crippen LogP contribution < -0.4 is 10.6 Å². The molecule has 1 heterocycles. The van der Waals surface area contributed by atoms with Crippen LogP contribution in [-0.4, -0.2) is 29.1 Å². The van der Waals surface area contributed by atoms with Gasteiger partial charge in [0, 0.05) is 17.1 Å². The number of halogens is 1. The molecule has 0 radical (unpaired) electrons. The van der Waals surface area contributed by atoms with E-state index >= 15 is 0 Å². The molecular formula is C13H15ClN2O3. The van der Waals surface area contributed by atoms with Crippen LogP contribution in [0.15, 0.2) is 18.2 Å². The van der Waals surface area contributed by atoms with Crippen molar-refractivity contribution in [2.75, 3.05) is 4.90 Å². The smallest absolute Gasteiger partial charge is 0.327 e. The molecule has 1 aliphatic heterocycles. The summed E-state index contributed by atoms with van der Waals surface area (Å²) in [5.41, 5.74) is 7.08. The average molecular weight is 283 g/mol. The first kappa shape index (κ1) is 13.8. The molecule has 2 rings (SSSR count). The summed E-state index contributed by atoms with van der Waals surface area (Å²) >= 11 is 5.89. The lowest BCUT2D eigenvalue weighted by Crippen LogP contribution is -2.49. The van der Waals surface area contributed by atoms with Gasteiger partial charge in [0.1, 0.15) is 6.04 Å². The van der Waals surface area contributed by atoms with Crippen LogP contribution in [0.1, 0.15) is 18.9 Å². The normalized spacial score (nSPS) is 19.1. The number of hydrogen-bond acceptors (Lipinski definition) is 3. The molecule has 1 aromatic rings. The second kappa shape index (κ2) is 5.19. The second-order valence-electron chi connectivity index (χ2n) is 4.55. The van der Waals surface area contributed by atoms with Crippen molar-refractivity contribution in [3.05, 3.63) is 28.8 Å². The minimum atomic E-state index is -1.04. The zero-order valence-electron chi connectivity index (χ0n) is 10.5. The number of hydrogen-bond donors (Lipinski definition) is 2.